The largest absolute Gasteiger partial charge is 0.507 e. The number of amides is 8. The van der Waals surface area contributed by atoms with Gasteiger partial charge in [-0.3, -0.25) is 57.0 Å². The van der Waals surface area contributed by atoms with Crippen LogP contribution in [-0.4, -0.2) is 269 Å². The lowest BCUT2D eigenvalue weighted by Gasteiger charge is -2.48. The summed E-state index contributed by atoms with van der Waals surface area (Å²) >= 11 is 14.4. The number of halogens is 2. The summed E-state index contributed by atoms with van der Waals surface area (Å²) in [6, 6.07) is 0.463. The number of aliphatic hydroxyl groups excluding tert-OH is 6. The van der Waals surface area contributed by atoms with Crippen LogP contribution in [0.15, 0.2) is 97.1 Å². The number of unbranched alkanes of at least 4 members (excludes halogenated alkanes) is 7. The standard InChI is InChI=1S/C92H120Cl2N11O37P3/c1-7-8-9-10-11-12-13-16-27-96-28-29-98-92(5)38-67(136-44(4)82(92)116)141-81-79(115)78(114)64(40-106)140-90(81)142-80-62-34-49-35-63(80)138-61-24-21-47(33-54(61)94)76(112)74-88(122)102-72(89(123)124)51-36-58(108)52(39-97-42-143(126,127)128)77(113)69(51)50-31-45(19-22-57(50)107)70(85(119)104-74)101-86(120)71(49)100-83(117)55(37-65(95)109)99-87(121)73(75(111)46-20-23-60(137-62)53(93)32-46)103-84(118)56(30-43(2)3)105(6)91(125)135-41-48-17-14-15-18-59(48)139-66(110)25-26-68(144(129,130)131)145(132,133)134/h14-15,17-24,31-36,43-44,55-56,64,67-68,70-76,78-79,81-82,90,96-98,106-108,111-116H,7-13,16,25-30,37-42H2,1-6H3,(H2,95,109)(H,99,121)(H,100,117)(H,101,120)(H,102,122)(H,103,118)(H,104,119)(H,123,124)(H2,126,127,128)(H2,129,130,131)(H2,132,133,134)/t44-,55-,56+,64+,67-,70+,71+,72-,73+,74-,75+,76+,78+,79-,81+,82+,90-,92-/m0/s1. The van der Waals surface area contributed by atoms with Crippen LogP contribution in [0.3, 0.4) is 0 Å². The number of esters is 1. The van der Waals surface area contributed by atoms with Gasteiger partial charge in [-0.2, -0.15) is 0 Å². The van der Waals surface area contributed by atoms with Gasteiger partial charge in [-0.1, -0.05) is 125 Å². The predicted octanol–water partition coefficient (Wildman–Crippen LogP) is 4.11. The lowest BCUT2D eigenvalue weighted by atomic mass is 9.85. The summed E-state index contributed by atoms with van der Waals surface area (Å²) in [5.41, 5.74) is -0.133. The van der Waals surface area contributed by atoms with E-state index in [-0.39, 0.29) is 29.7 Å². The Balaban J connectivity index is 1.05. The number of carboxylic acid groups (broad SMARTS) is 1. The number of phenolic OH excluding ortho intramolecular Hbond substituents is 3. The lowest BCUT2D eigenvalue weighted by molar-refractivity contribution is -0.334. The van der Waals surface area contributed by atoms with Gasteiger partial charge in [0.2, 0.25) is 53.4 Å². The summed E-state index contributed by atoms with van der Waals surface area (Å²) in [4.78, 5) is 208. The van der Waals surface area contributed by atoms with Crippen molar-refractivity contribution in [1.82, 2.24) is 52.8 Å². The van der Waals surface area contributed by atoms with Gasteiger partial charge >= 0.3 is 40.8 Å². The van der Waals surface area contributed by atoms with Crippen LogP contribution in [-0.2, 0) is 88.9 Å². The van der Waals surface area contributed by atoms with E-state index >= 15 is 28.8 Å². The van der Waals surface area contributed by atoms with E-state index < -0.39 is 343 Å². The molecule has 0 unspecified atom stereocenters. The van der Waals surface area contributed by atoms with Crippen LogP contribution < -0.4 is 72.5 Å². The van der Waals surface area contributed by atoms with Gasteiger partial charge < -0.3 is 172 Å². The first-order valence-electron chi connectivity index (χ1n) is 46.3. The number of nitrogens with zero attached hydrogens (tertiary/aromatic N) is 1. The van der Waals surface area contributed by atoms with Gasteiger partial charge in [0.1, 0.15) is 108 Å². The van der Waals surface area contributed by atoms with E-state index in [4.69, 9.17) is 66.8 Å². The number of para-hydroxylation sites is 1. The summed E-state index contributed by atoms with van der Waals surface area (Å²) < 4.78 is 86.5. The monoisotopic (exact) mass is 2130 g/mol. The van der Waals surface area contributed by atoms with E-state index in [1.54, 1.807) is 27.7 Å². The number of nitrogens with one attached hydrogen (secondary N) is 9. The Hall–Kier alpha value is -10.8. The van der Waals surface area contributed by atoms with Crippen LogP contribution in [0, 0.1) is 5.92 Å². The van der Waals surface area contributed by atoms with E-state index in [9.17, 15) is 113 Å². The van der Waals surface area contributed by atoms with Gasteiger partial charge in [0.15, 0.2) is 35.3 Å². The number of ether oxygens (including phenoxy) is 8. The van der Waals surface area contributed by atoms with Crippen molar-refractivity contribution in [2.75, 3.05) is 39.6 Å². The molecule has 48 nitrogen and oxygen atoms in total. The van der Waals surface area contributed by atoms with Crippen molar-refractivity contribution in [3.8, 4) is 62.9 Å². The molecule has 8 amide bonds. The molecular weight excluding hydrogens is 2010 g/mol. The average molecular weight is 2140 g/mol. The minimum atomic E-state index is -5.47. The van der Waals surface area contributed by atoms with Gasteiger partial charge in [-0.05, 0) is 128 Å². The molecule has 11 bridgehead atoms. The van der Waals surface area contributed by atoms with E-state index in [2.05, 4.69) is 54.8 Å². The fourth-order valence-electron chi connectivity index (χ4n) is 17.3. The molecule has 2 fully saturated rings. The third-order valence-electron chi connectivity index (χ3n) is 25.0. The predicted molar refractivity (Wildman–Crippen MR) is 510 cm³/mol. The highest BCUT2D eigenvalue weighted by molar-refractivity contribution is 7.70. The number of carbonyl (C=O) groups is 10. The zero-order valence-electron chi connectivity index (χ0n) is 79.2. The van der Waals surface area contributed by atoms with Crippen LogP contribution in [0.25, 0.3) is 11.1 Å². The van der Waals surface area contributed by atoms with Crippen LogP contribution in [0.4, 0.5) is 4.79 Å². The first-order valence-corrected chi connectivity index (χ1v) is 52.2. The van der Waals surface area contributed by atoms with Crippen LogP contribution in [0.2, 0.25) is 10.0 Å². The first kappa shape index (κ1) is 114. The summed E-state index contributed by atoms with van der Waals surface area (Å²) in [5, 5.41) is 139. The van der Waals surface area contributed by atoms with Crippen molar-refractivity contribution in [3.05, 3.63) is 146 Å². The number of rotatable bonds is 38. The number of aromatic hydroxyl groups is 3. The smallest absolute Gasteiger partial charge is 0.410 e. The molecule has 18 atom stereocenters. The molecule has 2 saturated heterocycles. The topological polar surface area (TPSA) is 757 Å². The number of hydrogen-bond donors (Lipinski definition) is 26. The molecule has 6 aromatic rings. The maximum atomic E-state index is 16.6. The molecule has 7 aliphatic heterocycles. The second kappa shape index (κ2) is 49.8. The molecule has 27 N–H and O–H groups in total. The number of benzene rings is 6. The normalized spacial score (nSPS) is 24.4. The molecule has 13 rings (SSSR count). The average Bonchev–Trinajstić information content (AvgIpc) is 0.754. The number of carbonyl (C=O) groups excluding carboxylic acids is 9. The fraction of sp³-hybridized carbons (Fsp3) is 0.500. The van der Waals surface area contributed by atoms with Crippen LogP contribution in [0.5, 0.6) is 51.7 Å². The van der Waals surface area contributed by atoms with E-state index in [1.165, 1.54) is 43.5 Å². The van der Waals surface area contributed by atoms with E-state index in [0.29, 0.717) is 25.7 Å². The highest BCUT2D eigenvalue weighted by atomic mass is 35.5. The Kier molecular flexibility index (Phi) is 39.3. The molecule has 53 heteroatoms. The Bertz CT molecular complexity index is 5860. The van der Waals surface area contributed by atoms with Gasteiger partial charge in [-0.25, -0.2) is 9.59 Å². The minimum absolute atomic E-state index is 0.0494. The maximum Gasteiger partial charge on any atom is 0.410 e. The van der Waals surface area contributed by atoms with Gasteiger partial charge in [0.25, 0.3) is 0 Å². The molecule has 6 aromatic carbocycles. The number of aliphatic hydroxyl groups is 6. The number of fused-ring (bicyclic) bond motifs is 15. The van der Waals surface area contributed by atoms with Crippen molar-refractivity contribution in [2.24, 2.45) is 11.7 Å². The highest BCUT2D eigenvalue weighted by Gasteiger charge is 2.53. The molecule has 0 spiro atoms. The third-order valence-corrected chi connectivity index (χ3v) is 30.1. The van der Waals surface area contributed by atoms with Gasteiger partial charge in [-0.15, -0.1) is 0 Å². The van der Waals surface area contributed by atoms with Crippen molar-refractivity contribution in [1.29, 1.82) is 0 Å². The molecular formula is C92H120Cl2N11O37P3. The van der Waals surface area contributed by atoms with Crippen LogP contribution >= 0.6 is 46.0 Å². The molecule has 145 heavy (non-hydrogen) atoms. The zero-order chi connectivity index (χ0) is 106. The Morgan fingerprint density at radius 2 is 1.28 bits per heavy atom. The minimum Gasteiger partial charge on any atom is -0.507 e. The van der Waals surface area contributed by atoms with E-state index in [0.717, 1.165) is 111 Å². The van der Waals surface area contributed by atoms with Gasteiger partial charge in [0, 0.05) is 67.3 Å². The zero-order valence-corrected chi connectivity index (χ0v) is 83.4. The fourth-order valence-corrected chi connectivity index (χ4v) is 20.6. The summed E-state index contributed by atoms with van der Waals surface area (Å²) in [6.45, 7) is 7.49. The third kappa shape index (κ3) is 29.2. The second-order valence-electron chi connectivity index (χ2n) is 36.4. The molecule has 794 valence electrons. The van der Waals surface area contributed by atoms with E-state index in [1.807, 2.05) is 0 Å². The number of nitrogens with two attached hydrogens (primary N) is 1. The van der Waals surface area contributed by atoms with Crippen molar-refractivity contribution in [3.63, 3.8) is 0 Å². The molecule has 0 aromatic heterocycles. The molecule has 0 radical (unpaired) electrons. The van der Waals surface area contributed by atoms with Crippen LogP contribution in [0.1, 0.15) is 187 Å². The molecule has 7 heterocycles. The molecule has 7 aliphatic rings. The van der Waals surface area contributed by atoms with Crippen molar-refractivity contribution < 1.29 is 180 Å². The lowest BCUT2D eigenvalue weighted by Crippen LogP contribution is -2.65. The van der Waals surface area contributed by atoms with Crippen molar-refractivity contribution in [2.45, 2.75) is 246 Å². The molecule has 0 aliphatic carbocycles. The number of carboxylic acids is 1. The Morgan fingerprint density at radius 1 is 0.669 bits per heavy atom. The quantitative estimate of drug-likeness (QED) is 0.0112. The number of phenols is 3. The highest BCUT2D eigenvalue weighted by Crippen LogP contribution is 2.62. The maximum absolute atomic E-state index is 16.6. The SMILES string of the molecule is CCCCCCCCCCNCCN[C@@]1(C)C[C@H](O[C@H]2[C@H](Oc3c4cc5cc3Oc3ccc(cc3Cl)[C@@H](O)[C@@H](NC(=O)[C@@H](CC(C)C)N(C)C(=O)OCc3ccccc3OC(=O)CCC(P(=O)(O)O)P(=O)(O)O)C(=O)N[C@@H](CC(N)=O)C(=O)N[C@H]5C(=O)N[C@H]3C(=O)N[C@H](C(=O)N[C@H](C(=O)O)c5cc(O)c(CNCP(=O)(O)O)c(O)c5-c5cc3ccc5O)[C@H](O)c3ccc(c(Cl)c3)O4)O[C@H](CO)[C@@H](O)[C@@H]2O)O[C@@H](C)[C@H]1O. The first-order chi connectivity index (χ1) is 68.3. The summed E-state index contributed by atoms with van der Waals surface area (Å²) in [5.74, 6) is -20.8. The van der Waals surface area contributed by atoms with Gasteiger partial charge in [0.05, 0.1) is 47.1 Å². The number of hydrogen-bond acceptors (Lipinski definition) is 33. The number of aliphatic carboxylic acids is 1. The molecule has 0 saturated carbocycles. The summed E-state index contributed by atoms with van der Waals surface area (Å²) in [7, 11) is -14.8. The number of likely N-dealkylation sites (N-methyl/N-ethyl adjacent to an activating group) is 1. The second-order valence-corrected chi connectivity index (χ2v) is 42.9. The van der Waals surface area contributed by atoms with Crippen molar-refractivity contribution >= 4 is 105 Å². The number of primary amides is 1. The Labute approximate surface area is 839 Å². The Morgan fingerprint density at radius 3 is 1.88 bits per heavy atom. The summed E-state index contributed by atoms with van der Waals surface area (Å²) in [6.07, 6.45) is -15.7.